The number of halogens is 1. The molecule has 13 nitrogen and oxygen atoms in total. The van der Waals surface area contributed by atoms with Gasteiger partial charge in [0.15, 0.2) is 10.0 Å². The molecule has 2 N–H and O–H groups in total. The molecule has 4 rings (SSSR count). The van der Waals surface area contributed by atoms with Gasteiger partial charge in [0.05, 0.1) is 24.6 Å². The first kappa shape index (κ1) is 32.1. The molecule has 2 aliphatic rings. The highest BCUT2D eigenvalue weighted by Gasteiger charge is 2.57. The summed E-state index contributed by atoms with van der Waals surface area (Å²) < 4.78 is 16.1. The molecule has 0 saturated carbocycles. The van der Waals surface area contributed by atoms with E-state index in [1.165, 1.54) is 23.8 Å². The number of nitrogens with zero attached hydrogens (tertiary/aromatic N) is 3. The standard InChI is InChI=1S/C27H30ClN5O8S2/c1-26(2,3)41-25(37)31-24-30-18(14-42-24)27(32-19(34)12-29-39-5)17(11-28)22(33-20(35)10-21(33)43-27)23(36)40-13-15-6-8-16(38-4)9-7-15/h6-9,12,14,21H,10-11,13H2,1-5H3,(H,32,34)(H,30,31,37)/t21-,27?/m0/s1. The smallest absolute Gasteiger partial charge is 0.413 e. The fourth-order valence-corrected chi connectivity index (χ4v) is 7.11. The third kappa shape index (κ3) is 7.22. The van der Waals surface area contributed by atoms with Gasteiger partial charge in [0.25, 0.3) is 5.91 Å². The Balaban J connectivity index is 1.75. The summed E-state index contributed by atoms with van der Waals surface area (Å²) in [6, 6.07) is 6.94. The molecule has 43 heavy (non-hydrogen) atoms. The van der Waals surface area contributed by atoms with Crippen molar-refractivity contribution in [2.24, 2.45) is 5.16 Å². The van der Waals surface area contributed by atoms with E-state index in [-0.39, 0.29) is 46.9 Å². The maximum atomic E-state index is 13.6. The van der Waals surface area contributed by atoms with Crippen LogP contribution in [0.15, 0.2) is 46.1 Å². The predicted octanol–water partition coefficient (Wildman–Crippen LogP) is 3.94. The predicted molar refractivity (Wildman–Crippen MR) is 161 cm³/mol. The minimum atomic E-state index is -1.54. The molecule has 2 aliphatic heterocycles. The first-order valence-corrected chi connectivity index (χ1v) is 15.1. The van der Waals surface area contributed by atoms with E-state index in [9.17, 15) is 19.2 Å². The number of fused-ring (bicyclic) bond motifs is 1. The summed E-state index contributed by atoms with van der Waals surface area (Å²) in [5.74, 6) is -1.44. The number of hydrogen-bond acceptors (Lipinski definition) is 12. The number of thioether (sulfide) groups is 1. The van der Waals surface area contributed by atoms with Crippen molar-refractivity contribution in [1.29, 1.82) is 0 Å². The van der Waals surface area contributed by atoms with Crippen molar-refractivity contribution in [2.45, 2.75) is 49.6 Å². The van der Waals surface area contributed by atoms with Gasteiger partial charge in [-0.1, -0.05) is 29.1 Å². The van der Waals surface area contributed by atoms with Gasteiger partial charge in [-0.05, 0) is 38.5 Å². The number of anilines is 1. The van der Waals surface area contributed by atoms with Gasteiger partial charge in [0.2, 0.25) is 5.91 Å². The van der Waals surface area contributed by atoms with Crippen LogP contribution in [-0.4, -0.2) is 71.0 Å². The molecular formula is C27H30ClN5O8S2. The second-order valence-electron chi connectivity index (χ2n) is 10.2. The topological polar surface area (TPSA) is 158 Å². The normalized spacial score (nSPS) is 19.8. The third-order valence-corrected chi connectivity index (χ3v) is 8.66. The average Bonchev–Trinajstić information content (AvgIpc) is 3.42. The highest BCUT2D eigenvalue weighted by Crippen LogP contribution is 2.54. The molecule has 1 saturated heterocycles. The number of ether oxygens (including phenoxy) is 3. The molecule has 230 valence electrons. The van der Waals surface area contributed by atoms with Crippen molar-refractivity contribution in [3.8, 4) is 5.75 Å². The molecular weight excluding hydrogens is 622 g/mol. The Morgan fingerprint density at radius 1 is 1.23 bits per heavy atom. The maximum Gasteiger partial charge on any atom is 0.413 e. The number of alkyl halides is 1. The summed E-state index contributed by atoms with van der Waals surface area (Å²) in [7, 11) is 2.82. The molecule has 3 heterocycles. The number of carbonyl (C=O) groups excluding carboxylic acids is 4. The summed E-state index contributed by atoms with van der Waals surface area (Å²) in [5.41, 5.74) is 0.266. The Hall–Kier alpha value is -3.82. The van der Waals surface area contributed by atoms with Gasteiger partial charge < -0.3 is 24.4 Å². The van der Waals surface area contributed by atoms with E-state index in [4.69, 9.17) is 25.8 Å². The van der Waals surface area contributed by atoms with Gasteiger partial charge in [-0.25, -0.2) is 14.6 Å². The first-order chi connectivity index (χ1) is 20.4. The van der Waals surface area contributed by atoms with E-state index in [1.807, 2.05) is 0 Å². The third-order valence-electron chi connectivity index (χ3n) is 6.07. The summed E-state index contributed by atoms with van der Waals surface area (Å²) >= 11 is 8.73. The zero-order chi connectivity index (χ0) is 31.4. The van der Waals surface area contributed by atoms with Crippen LogP contribution in [-0.2, 0) is 40.2 Å². The molecule has 1 fully saturated rings. The van der Waals surface area contributed by atoms with Gasteiger partial charge >= 0.3 is 12.1 Å². The van der Waals surface area contributed by atoms with Crippen LogP contribution in [0.1, 0.15) is 38.4 Å². The van der Waals surface area contributed by atoms with E-state index < -0.39 is 33.8 Å². The molecule has 16 heteroatoms. The quantitative estimate of drug-likeness (QED) is 0.127. The van der Waals surface area contributed by atoms with E-state index >= 15 is 0 Å². The number of esters is 1. The van der Waals surface area contributed by atoms with Crippen molar-refractivity contribution in [2.75, 3.05) is 25.4 Å². The first-order valence-electron chi connectivity index (χ1n) is 12.8. The number of β-lactam (4-membered cyclic amide) rings is 1. The number of rotatable bonds is 10. The number of aromatic nitrogens is 1. The second kappa shape index (κ2) is 13.2. The second-order valence-corrected chi connectivity index (χ2v) is 12.7. The lowest BCUT2D eigenvalue weighted by atomic mass is 9.98. The number of hydrogen-bond donors (Lipinski definition) is 2. The van der Waals surface area contributed by atoms with Crippen LogP contribution in [0.4, 0.5) is 9.93 Å². The van der Waals surface area contributed by atoms with Gasteiger partial charge in [-0.15, -0.1) is 22.9 Å². The molecule has 1 unspecified atom stereocenters. The summed E-state index contributed by atoms with van der Waals surface area (Å²) in [6.45, 7) is 5.08. The summed E-state index contributed by atoms with van der Waals surface area (Å²) in [4.78, 5) is 60.8. The van der Waals surface area contributed by atoms with Crippen LogP contribution in [0.2, 0.25) is 0 Å². The number of oxime groups is 1. The van der Waals surface area contributed by atoms with Crippen LogP contribution >= 0.6 is 34.7 Å². The molecule has 0 spiro atoms. The number of amides is 3. The lowest BCUT2D eigenvalue weighted by molar-refractivity contribution is -0.150. The van der Waals surface area contributed by atoms with E-state index in [2.05, 4.69) is 25.6 Å². The number of benzene rings is 1. The zero-order valence-corrected chi connectivity index (χ0v) is 26.4. The van der Waals surface area contributed by atoms with Crippen LogP contribution in [0.5, 0.6) is 5.75 Å². The van der Waals surface area contributed by atoms with Gasteiger partial charge in [0, 0.05) is 16.8 Å². The van der Waals surface area contributed by atoms with Crippen molar-refractivity contribution >= 4 is 69.9 Å². The largest absolute Gasteiger partial charge is 0.497 e. The van der Waals surface area contributed by atoms with Crippen molar-refractivity contribution in [1.82, 2.24) is 15.2 Å². The molecule has 3 amide bonds. The molecule has 0 radical (unpaired) electrons. The Morgan fingerprint density at radius 3 is 2.56 bits per heavy atom. The Morgan fingerprint density at radius 2 is 1.95 bits per heavy atom. The van der Waals surface area contributed by atoms with Crippen molar-refractivity contribution in [3.05, 3.63) is 52.2 Å². The number of methoxy groups -OCH3 is 1. The SMILES string of the molecule is CON=CC(=O)NC1(c2csc(NC(=O)OC(C)(C)C)n2)S[C@H]2CC(=O)N2C(C(=O)OCc2ccc(OC)cc2)=C1CCl. The molecule has 0 aliphatic carbocycles. The van der Waals surface area contributed by atoms with E-state index in [0.717, 1.165) is 17.6 Å². The van der Waals surface area contributed by atoms with Crippen molar-refractivity contribution in [3.63, 3.8) is 0 Å². The molecule has 1 aromatic carbocycles. The van der Waals surface area contributed by atoms with Gasteiger partial charge in [-0.2, -0.15) is 0 Å². The fourth-order valence-electron chi connectivity index (χ4n) is 4.23. The maximum absolute atomic E-state index is 13.6. The molecule has 0 bridgehead atoms. The van der Waals surface area contributed by atoms with Gasteiger partial charge in [0.1, 0.15) is 37.0 Å². The number of nitrogens with one attached hydrogen (secondary N) is 2. The number of carbonyl (C=O) groups is 4. The highest BCUT2D eigenvalue weighted by atomic mass is 35.5. The summed E-state index contributed by atoms with van der Waals surface area (Å²) in [6.07, 6.45) is 0.286. The average molecular weight is 652 g/mol. The minimum Gasteiger partial charge on any atom is -0.497 e. The Bertz CT molecular complexity index is 1460. The lowest BCUT2D eigenvalue weighted by Gasteiger charge is -2.51. The van der Waals surface area contributed by atoms with Crippen LogP contribution in [0.3, 0.4) is 0 Å². The van der Waals surface area contributed by atoms with Gasteiger partial charge in [-0.3, -0.25) is 19.8 Å². The van der Waals surface area contributed by atoms with Crippen LogP contribution in [0, 0.1) is 0 Å². The molecule has 2 atom stereocenters. The Kier molecular flexibility index (Phi) is 9.87. The van der Waals surface area contributed by atoms with Crippen LogP contribution in [0.25, 0.3) is 0 Å². The van der Waals surface area contributed by atoms with Crippen LogP contribution < -0.4 is 15.4 Å². The monoisotopic (exact) mass is 651 g/mol. The fraction of sp³-hybridized carbons (Fsp3) is 0.407. The zero-order valence-electron chi connectivity index (χ0n) is 24.0. The lowest BCUT2D eigenvalue weighted by Crippen LogP contribution is -2.61. The minimum absolute atomic E-state index is 0.0897. The summed E-state index contributed by atoms with van der Waals surface area (Å²) in [5, 5.41) is 10.2. The molecule has 2 aromatic rings. The van der Waals surface area contributed by atoms with E-state index in [0.29, 0.717) is 11.3 Å². The Labute approximate surface area is 260 Å². The molecule has 1 aromatic heterocycles. The van der Waals surface area contributed by atoms with Crippen molar-refractivity contribution < 1.29 is 38.2 Å². The van der Waals surface area contributed by atoms with E-state index in [1.54, 1.807) is 57.5 Å². The highest BCUT2D eigenvalue weighted by molar-refractivity contribution is 8.01. The number of thiazole rings is 1.